The number of benzene rings is 2. The lowest BCUT2D eigenvalue weighted by molar-refractivity contribution is -0.136. The van der Waals surface area contributed by atoms with Crippen LogP contribution >= 0.6 is 0 Å². The van der Waals surface area contributed by atoms with Gasteiger partial charge in [0.2, 0.25) is 0 Å². The van der Waals surface area contributed by atoms with E-state index in [-0.39, 0.29) is 23.6 Å². The fourth-order valence-electron chi connectivity index (χ4n) is 3.12. The molecule has 0 aliphatic carbocycles. The molecule has 140 valence electrons. The first-order chi connectivity index (χ1) is 12.9. The summed E-state index contributed by atoms with van der Waals surface area (Å²) in [6, 6.07) is 12.1. The van der Waals surface area contributed by atoms with Gasteiger partial charge in [-0.3, -0.25) is 4.90 Å². The molecule has 0 bridgehead atoms. The highest BCUT2D eigenvalue weighted by Gasteiger charge is 2.37. The van der Waals surface area contributed by atoms with Gasteiger partial charge < -0.3 is 20.3 Å². The van der Waals surface area contributed by atoms with Crippen molar-refractivity contribution < 1.29 is 24.5 Å². The molecule has 3 N–H and O–H groups in total. The molecular formula is C20H20N2O5. The molecule has 1 aliphatic heterocycles. The first kappa shape index (κ1) is 18.3. The molecule has 2 aromatic rings. The molecule has 2 amide bonds. The summed E-state index contributed by atoms with van der Waals surface area (Å²) in [6.45, 7) is 1.95. The summed E-state index contributed by atoms with van der Waals surface area (Å²) >= 11 is 0. The highest BCUT2D eigenvalue weighted by molar-refractivity contribution is 5.95. The predicted octanol–water partition coefficient (Wildman–Crippen LogP) is 2.81. The van der Waals surface area contributed by atoms with E-state index >= 15 is 0 Å². The van der Waals surface area contributed by atoms with E-state index in [1.54, 1.807) is 6.92 Å². The molecule has 7 nitrogen and oxygen atoms in total. The quantitative estimate of drug-likeness (QED) is 0.721. The van der Waals surface area contributed by atoms with Gasteiger partial charge in [0.15, 0.2) is 0 Å². The number of hydrogen-bond acceptors (Lipinski definition) is 5. The van der Waals surface area contributed by atoms with Crippen LogP contribution in [-0.4, -0.2) is 34.2 Å². The minimum absolute atomic E-state index is 0.121. The Bertz CT molecular complexity index is 908. The van der Waals surface area contributed by atoms with Gasteiger partial charge in [0.05, 0.1) is 25.3 Å². The van der Waals surface area contributed by atoms with Crippen molar-refractivity contribution in [2.24, 2.45) is 0 Å². The Morgan fingerprint density at radius 3 is 2.52 bits per heavy atom. The van der Waals surface area contributed by atoms with Crippen molar-refractivity contribution in [3.8, 4) is 11.5 Å². The zero-order valence-corrected chi connectivity index (χ0v) is 15.0. The van der Waals surface area contributed by atoms with E-state index in [4.69, 9.17) is 4.74 Å². The van der Waals surface area contributed by atoms with E-state index in [9.17, 15) is 19.8 Å². The second-order valence-corrected chi connectivity index (χ2v) is 6.19. The standard InChI is InChI=1S/C20H20N2O5/c1-12-17(19(25)27-2)18(15-9-8-14(23)10-16(15)24)21-20(26)22(12)11-13-6-4-3-5-7-13/h3-10,18,23-24H,11H2,1-2H3,(H,21,26). The van der Waals surface area contributed by atoms with Gasteiger partial charge in [0.1, 0.15) is 11.5 Å². The number of esters is 1. The smallest absolute Gasteiger partial charge is 0.337 e. The number of carbonyl (C=O) groups excluding carboxylic acids is 2. The SMILES string of the molecule is COC(=O)C1=C(C)N(Cc2ccccc2)C(=O)NC1c1ccc(O)cc1O. The van der Waals surface area contributed by atoms with Gasteiger partial charge in [-0.25, -0.2) is 9.59 Å². The molecule has 0 spiro atoms. The molecule has 1 unspecified atom stereocenters. The van der Waals surface area contributed by atoms with Gasteiger partial charge in [-0.05, 0) is 24.6 Å². The average molecular weight is 368 g/mol. The maximum absolute atomic E-state index is 12.7. The Hall–Kier alpha value is -3.48. The molecule has 1 heterocycles. The number of phenols is 2. The molecule has 0 saturated heterocycles. The van der Waals surface area contributed by atoms with Gasteiger partial charge >= 0.3 is 12.0 Å². The van der Waals surface area contributed by atoms with E-state index in [1.165, 1.54) is 24.1 Å². The lowest BCUT2D eigenvalue weighted by Gasteiger charge is -2.35. The summed E-state index contributed by atoms with van der Waals surface area (Å²) in [7, 11) is 1.26. The number of amides is 2. The van der Waals surface area contributed by atoms with Crippen LogP contribution in [0.15, 0.2) is 59.8 Å². The number of methoxy groups -OCH3 is 1. The molecule has 0 aromatic heterocycles. The normalized spacial score (nSPS) is 16.9. The molecule has 0 fully saturated rings. The zero-order chi connectivity index (χ0) is 19.6. The highest BCUT2D eigenvalue weighted by Crippen LogP contribution is 2.37. The summed E-state index contributed by atoms with van der Waals surface area (Å²) < 4.78 is 4.90. The monoisotopic (exact) mass is 368 g/mol. The summed E-state index contributed by atoms with van der Waals surface area (Å²) in [5.74, 6) is -0.960. The average Bonchev–Trinajstić information content (AvgIpc) is 2.65. The van der Waals surface area contributed by atoms with Crippen molar-refractivity contribution in [1.82, 2.24) is 10.2 Å². The number of allylic oxidation sites excluding steroid dienone is 1. The minimum atomic E-state index is -0.891. The first-order valence-electron chi connectivity index (χ1n) is 8.35. The summed E-state index contributed by atoms with van der Waals surface area (Å²) in [5, 5.41) is 22.4. The topological polar surface area (TPSA) is 99.1 Å². The van der Waals surface area contributed by atoms with Crippen LogP contribution in [0.3, 0.4) is 0 Å². The summed E-state index contributed by atoms with van der Waals surface area (Å²) in [5.41, 5.74) is 1.85. The lowest BCUT2D eigenvalue weighted by atomic mass is 9.94. The van der Waals surface area contributed by atoms with Gasteiger partial charge in [0.25, 0.3) is 0 Å². The number of aromatic hydroxyl groups is 2. The maximum Gasteiger partial charge on any atom is 0.337 e. The molecule has 27 heavy (non-hydrogen) atoms. The van der Waals surface area contributed by atoms with E-state index in [1.807, 2.05) is 30.3 Å². The zero-order valence-electron chi connectivity index (χ0n) is 15.0. The van der Waals surface area contributed by atoms with E-state index in [2.05, 4.69) is 5.32 Å². The fourth-order valence-corrected chi connectivity index (χ4v) is 3.12. The third-order valence-corrected chi connectivity index (χ3v) is 4.51. The predicted molar refractivity (Wildman–Crippen MR) is 97.7 cm³/mol. The van der Waals surface area contributed by atoms with Gasteiger partial charge in [-0.2, -0.15) is 0 Å². The van der Waals surface area contributed by atoms with Crippen molar-refractivity contribution in [2.75, 3.05) is 7.11 Å². The van der Waals surface area contributed by atoms with Crippen molar-refractivity contribution in [3.63, 3.8) is 0 Å². The fraction of sp³-hybridized carbons (Fsp3) is 0.200. The van der Waals surface area contributed by atoms with Crippen molar-refractivity contribution >= 4 is 12.0 Å². The van der Waals surface area contributed by atoms with Gasteiger partial charge in [0, 0.05) is 17.3 Å². The number of phenolic OH excluding ortho intramolecular Hbond substituents is 2. The number of nitrogens with one attached hydrogen (secondary N) is 1. The van der Waals surface area contributed by atoms with Crippen LogP contribution in [0, 0.1) is 0 Å². The highest BCUT2D eigenvalue weighted by atomic mass is 16.5. The molecule has 7 heteroatoms. The van der Waals surface area contributed by atoms with Crippen LogP contribution < -0.4 is 5.32 Å². The molecule has 1 aliphatic rings. The molecule has 3 rings (SSSR count). The van der Waals surface area contributed by atoms with Crippen molar-refractivity contribution in [1.29, 1.82) is 0 Å². The molecule has 1 atom stereocenters. The Morgan fingerprint density at radius 1 is 1.19 bits per heavy atom. The van der Waals surface area contributed by atoms with Gasteiger partial charge in [-0.1, -0.05) is 30.3 Å². The van der Waals surface area contributed by atoms with Crippen LogP contribution in [0.1, 0.15) is 24.1 Å². The number of urea groups is 1. The number of nitrogens with zero attached hydrogens (tertiary/aromatic N) is 1. The Labute approximate surface area is 156 Å². The lowest BCUT2D eigenvalue weighted by Crippen LogP contribution is -2.47. The number of carbonyl (C=O) groups is 2. The van der Waals surface area contributed by atoms with Crippen molar-refractivity contribution in [3.05, 3.63) is 70.9 Å². The number of hydrogen-bond donors (Lipinski definition) is 3. The first-order valence-corrected chi connectivity index (χ1v) is 8.35. The van der Waals surface area contributed by atoms with Crippen LogP contribution in [0.5, 0.6) is 11.5 Å². The van der Waals surface area contributed by atoms with Crippen LogP contribution in [-0.2, 0) is 16.1 Å². The Kier molecular flexibility index (Phi) is 5.03. The second-order valence-electron chi connectivity index (χ2n) is 6.19. The minimum Gasteiger partial charge on any atom is -0.508 e. The van der Waals surface area contributed by atoms with Crippen molar-refractivity contribution in [2.45, 2.75) is 19.5 Å². The van der Waals surface area contributed by atoms with E-state index < -0.39 is 18.0 Å². The second kappa shape index (κ2) is 7.41. The number of ether oxygens (including phenoxy) is 1. The van der Waals surface area contributed by atoms with Crippen LogP contribution in [0.25, 0.3) is 0 Å². The largest absolute Gasteiger partial charge is 0.508 e. The molecule has 0 saturated carbocycles. The molecular weight excluding hydrogens is 348 g/mol. The number of rotatable bonds is 4. The molecule has 2 aromatic carbocycles. The Morgan fingerprint density at radius 2 is 1.89 bits per heavy atom. The summed E-state index contributed by atoms with van der Waals surface area (Å²) in [6.07, 6.45) is 0. The van der Waals surface area contributed by atoms with E-state index in [0.717, 1.165) is 11.6 Å². The van der Waals surface area contributed by atoms with E-state index in [0.29, 0.717) is 11.3 Å². The maximum atomic E-state index is 12.7. The van der Waals surface area contributed by atoms with Crippen LogP contribution in [0.2, 0.25) is 0 Å². The third-order valence-electron chi connectivity index (χ3n) is 4.51. The Balaban J connectivity index is 2.06. The van der Waals surface area contributed by atoms with Gasteiger partial charge in [-0.15, -0.1) is 0 Å². The molecule has 0 radical (unpaired) electrons. The summed E-state index contributed by atoms with van der Waals surface area (Å²) in [4.78, 5) is 26.6. The third kappa shape index (κ3) is 3.57. The van der Waals surface area contributed by atoms with Crippen LogP contribution in [0.4, 0.5) is 4.79 Å².